The summed E-state index contributed by atoms with van der Waals surface area (Å²) < 4.78 is 9.66. The van der Waals surface area contributed by atoms with Crippen molar-refractivity contribution >= 4 is 5.97 Å². The molecule has 76 valence electrons. The summed E-state index contributed by atoms with van der Waals surface area (Å²) in [6.07, 6.45) is 0.913. The van der Waals surface area contributed by atoms with Crippen LogP contribution in [0.1, 0.15) is 6.42 Å². The van der Waals surface area contributed by atoms with Gasteiger partial charge in [-0.3, -0.25) is 4.79 Å². The van der Waals surface area contributed by atoms with Gasteiger partial charge in [0.2, 0.25) is 0 Å². The lowest BCUT2D eigenvalue weighted by Gasteiger charge is -2.14. The molecule has 0 spiro atoms. The fraction of sp³-hybridized carbons (Fsp3) is 0.889. The zero-order valence-corrected chi connectivity index (χ0v) is 8.28. The van der Waals surface area contributed by atoms with Crippen LogP contribution in [0.3, 0.4) is 0 Å². The van der Waals surface area contributed by atoms with Crippen LogP contribution in [0.5, 0.6) is 0 Å². The van der Waals surface area contributed by atoms with E-state index in [9.17, 15) is 4.79 Å². The molecule has 1 unspecified atom stereocenters. The van der Waals surface area contributed by atoms with Crippen molar-refractivity contribution in [1.82, 2.24) is 4.90 Å². The Bertz CT molecular complexity index is 172. The Balaban J connectivity index is 2.23. The van der Waals surface area contributed by atoms with Gasteiger partial charge in [0.25, 0.3) is 0 Å². The molecule has 0 N–H and O–H groups in total. The summed E-state index contributed by atoms with van der Waals surface area (Å²) in [6.45, 7) is 3.43. The summed E-state index contributed by atoms with van der Waals surface area (Å²) in [4.78, 5) is 13.4. The van der Waals surface area contributed by atoms with E-state index in [2.05, 4.69) is 4.90 Å². The highest BCUT2D eigenvalue weighted by Crippen LogP contribution is 2.16. The highest BCUT2D eigenvalue weighted by atomic mass is 16.5. The van der Waals surface area contributed by atoms with Gasteiger partial charge in [0, 0.05) is 20.2 Å². The van der Waals surface area contributed by atoms with E-state index in [-0.39, 0.29) is 11.9 Å². The van der Waals surface area contributed by atoms with Gasteiger partial charge in [-0.05, 0) is 13.0 Å². The molecule has 1 heterocycles. The van der Waals surface area contributed by atoms with Crippen LogP contribution in [-0.2, 0) is 14.3 Å². The molecule has 0 aromatic heterocycles. The number of carbonyl (C=O) groups excluding carboxylic acids is 1. The lowest BCUT2D eigenvalue weighted by Crippen LogP contribution is -2.26. The van der Waals surface area contributed by atoms with Crippen molar-refractivity contribution in [2.75, 3.05) is 40.5 Å². The third kappa shape index (κ3) is 2.97. The molecule has 4 heteroatoms. The van der Waals surface area contributed by atoms with E-state index in [1.165, 1.54) is 7.11 Å². The van der Waals surface area contributed by atoms with Gasteiger partial charge in [-0.15, -0.1) is 0 Å². The third-order valence-electron chi connectivity index (χ3n) is 2.42. The second-order valence-electron chi connectivity index (χ2n) is 3.30. The zero-order valence-electron chi connectivity index (χ0n) is 8.28. The van der Waals surface area contributed by atoms with Crippen molar-refractivity contribution in [3.63, 3.8) is 0 Å². The number of ether oxygens (including phenoxy) is 2. The first-order chi connectivity index (χ1) is 6.27. The quantitative estimate of drug-likeness (QED) is 0.586. The number of esters is 1. The van der Waals surface area contributed by atoms with Gasteiger partial charge in [-0.2, -0.15) is 0 Å². The maximum Gasteiger partial charge on any atom is 0.310 e. The second-order valence-corrected chi connectivity index (χ2v) is 3.30. The van der Waals surface area contributed by atoms with E-state index in [1.807, 2.05) is 0 Å². The molecule has 1 fully saturated rings. The minimum atomic E-state index is -0.0834. The molecule has 0 saturated carbocycles. The molecular formula is C9H17NO3. The van der Waals surface area contributed by atoms with E-state index in [0.29, 0.717) is 0 Å². The van der Waals surface area contributed by atoms with Gasteiger partial charge in [-0.1, -0.05) is 0 Å². The van der Waals surface area contributed by atoms with Gasteiger partial charge in [-0.25, -0.2) is 0 Å². The smallest absolute Gasteiger partial charge is 0.310 e. The van der Waals surface area contributed by atoms with E-state index in [4.69, 9.17) is 9.47 Å². The van der Waals surface area contributed by atoms with Gasteiger partial charge in [0.1, 0.15) is 0 Å². The minimum absolute atomic E-state index is 0.0712. The average Bonchev–Trinajstić information content (AvgIpc) is 2.62. The van der Waals surface area contributed by atoms with Crippen LogP contribution in [0, 0.1) is 5.92 Å². The van der Waals surface area contributed by atoms with Crippen molar-refractivity contribution < 1.29 is 14.3 Å². The number of rotatable bonds is 4. The van der Waals surface area contributed by atoms with Crippen LogP contribution in [0.25, 0.3) is 0 Å². The SMILES string of the molecule is COCCN1CCC(C(=O)OC)C1. The maximum absolute atomic E-state index is 11.2. The molecule has 1 saturated heterocycles. The summed E-state index contributed by atoms with van der Waals surface area (Å²) in [5, 5.41) is 0. The van der Waals surface area contributed by atoms with E-state index in [0.717, 1.165) is 32.7 Å². The van der Waals surface area contributed by atoms with Crippen LogP contribution in [0.2, 0.25) is 0 Å². The average molecular weight is 187 g/mol. The molecule has 0 aromatic carbocycles. The Morgan fingerprint density at radius 1 is 1.54 bits per heavy atom. The normalized spacial score (nSPS) is 23.4. The molecule has 4 nitrogen and oxygen atoms in total. The first-order valence-electron chi connectivity index (χ1n) is 4.57. The van der Waals surface area contributed by atoms with Crippen LogP contribution >= 0.6 is 0 Å². The number of nitrogens with zero attached hydrogens (tertiary/aromatic N) is 1. The highest BCUT2D eigenvalue weighted by Gasteiger charge is 2.28. The van der Waals surface area contributed by atoms with E-state index >= 15 is 0 Å². The molecule has 13 heavy (non-hydrogen) atoms. The molecule has 0 aliphatic carbocycles. The van der Waals surface area contributed by atoms with Crippen LogP contribution in [0.4, 0.5) is 0 Å². The Kier molecular flexibility index (Phi) is 4.18. The topological polar surface area (TPSA) is 38.8 Å². The minimum Gasteiger partial charge on any atom is -0.469 e. The molecule has 0 bridgehead atoms. The zero-order chi connectivity index (χ0) is 9.68. The van der Waals surface area contributed by atoms with Crippen molar-refractivity contribution in [1.29, 1.82) is 0 Å². The Hall–Kier alpha value is -0.610. The molecule has 1 atom stereocenters. The molecule has 0 amide bonds. The van der Waals surface area contributed by atoms with Crippen molar-refractivity contribution in [3.8, 4) is 0 Å². The monoisotopic (exact) mass is 187 g/mol. The summed E-state index contributed by atoms with van der Waals surface area (Å²) >= 11 is 0. The Labute approximate surface area is 78.8 Å². The summed E-state index contributed by atoms with van der Waals surface area (Å²) in [5.74, 6) is -0.0122. The van der Waals surface area contributed by atoms with Gasteiger partial charge in [0.05, 0.1) is 19.6 Å². The molecule has 0 aromatic rings. The van der Waals surface area contributed by atoms with E-state index in [1.54, 1.807) is 7.11 Å². The van der Waals surface area contributed by atoms with Gasteiger partial charge < -0.3 is 14.4 Å². The van der Waals surface area contributed by atoms with Crippen LogP contribution in [0.15, 0.2) is 0 Å². The molecule has 0 radical (unpaired) electrons. The molecule has 1 aliphatic heterocycles. The predicted molar refractivity (Wildman–Crippen MR) is 48.4 cm³/mol. The second kappa shape index (κ2) is 5.19. The van der Waals surface area contributed by atoms with Crippen LogP contribution in [-0.4, -0.2) is 51.3 Å². The summed E-state index contributed by atoms with van der Waals surface area (Å²) in [6, 6.07) is 0. The number of hydrogen-bond acceptors (Lipinski definition) is 4. The summed E-state index contributed by atoms with van der Waals surface area (Å²) in [7, 11) is 3.13. The maximum atomic E-state index is 11.2. The summed E-state index contributed by atoms with van der Waals surface area (Å²) in [5.41, 5.74) is 0. The van der Waals surface area contributed by atoms with Crippen LogP contribution < -0.4 is 0 Å². The van der Waals surface area contributed by atoms with E-state index < -0.39 is 0 Å². The standard InChI is InChI=1S/C9H17NO3/c1-12-6-5-10-4-3-8(7-10)9(11)13-2/h8H,3-7H2,1-2H3. The number of methoxy groups -OCH3 is 2. The van der Waals surface area contributed by atoms with Gasteiger partial charge in [0.15, 0.2) is 0 Å². The predicted octanol–water partition coefficient (Wildman–Crippen LogP) is 0.128. The molecule has 1 rings (SSSR count). The molecular weight excluding hydrogens is 170 g/mol. The first kappa shape index (κ1) is 10.5. The molecule has 1 aliphatic rings. The van der Waals surface area contributed by atoms with Crippen molar-refractivity contribution in [3.05, 3.63) is 0 Å². The number of likely N-dealkylation sites (tertiary alicyclic amines) is 1. The van der Waals surface area contributed by atoms with Gasteiger partial charge >= 0.3 is 5.97 Å². The Morgan fingerprint density at radius 3 is 2.92 bits per heavy atom. The Morgan fingerprint density at radius 2 is 2.31 bits per heavy atom. The van der Waals surface area contributed by atoms with Crippen molar-refractivity contribution in [2.45, 2.75) is 6.42 Å². The largest absolute Gasteiger partial charge is 0.469 e. The fourth-order valence-electron chi connectivity index (χ4n) is 1.62. The first-order valence-corrected chi connectivity index (χ1v) is 4.57. The lowest BCUT2D eigenvalue weighted by atomic mass is 10.1. The van der Waals surface area contributed by atoms with Crippen molar-refractivity contribution in [2.24, 2.45) is 5.92 Å². The number of carbonyl (C=O) groups is 1. The number of hydrogen-bond donors (Lipinski definition) is 0. The fourth-order valence-corrected chi connectivity index (χ4v) is 1.62. The lowest BCUT2D eigenvalue weighted by molar-refractivity contribution is -0.144. The third-order valence-corrected chi connectivity index (χ3v) is 2.42. The highest BCUT2D eigenvalue weighted by molar-refractivity contribution is 5.72.